The van der Waals surface area contributed by atoms with E-state index in [1.54, 1.807) is 0 Å². The Bertz CT molecular complexity index is 75.8. The van der Waals surface area contributed by atoms with Crippen LogP contribution < -0.4 is 0 Å². The van der Waals surface area contributed by atoms with Crippen molar-refractivity contribution in [1.29, 1.82) is 0 Å². The SMILES string of the molecule is [2H]C([2H])([2H])CCC=O. The molecular weight excluding hydrogens is 64.0 g/mol. The van der Waals surface area contributed by atoms with Gasteiger partial charge in [0.25, 0.3) is 0 Å². The molecule has 0 atom stereocenters. The first kappa shape index (κ1) is 1.41. The third-order valence-electron chi connectivity index (χ3n) is 0.262. The first-order chi connectivity index (χ1) is 3.56. The highest BCUT2D eigenvalue weighted by molar-refractivity contribution is 5.48. The van der Waals surface area contributed by atoms with Gasteiger partial charge in [-0.05, 0) is 6.42 Å². The predicted molar refractivity (Wildman–Crippen MR) is 21.0 cm³/mol. The Kier molecular flexibility index (Phi) is 1.04. The topological polar surface area (TPSA) is 17.1 Å². The maximum Gasteiger partial charge on any atom is 0.119 e. The maximum absolute atomic E-state index is 9.60. The molecule has 0 aliphatic carbocycles. The summed E-state index contributed by atoms with van der Waals surface area (Å²) in [5.41, 5.74) is 0. The van der Waals surface area contributed by atoms with Gasteiger partial charge in [-0.3, -0.25) is 0 Å². The maximum atomic E-state index is 9.60. The minimum atomic E-state index is -1.93. The zero-order chi connectivity index (χ0) is 6.62. The molecule has 0 saturated carbocycles. The molecule has 0 N–H and O–H groups in total. The van der Waals surface area contributed by atoms with Crippen LogP contribution >= 0.6 is 0 Å². The largest absolute Gasteiger partial charge is 0.303 e. The van der Waals surface area contributed by atoms with E-state index in [0.717, 1.165) is 0 Å². The second kappa shape index (κ2) is 3.67. The predicted octanol–water partition coefficient (Wildman–Crippen LogP) is 0.985. The molecule has 0 rings (SSSR count). The van der Waals surface area contributed by atoms with Crippen LogP contribution in [-0.2, 0) is 4.79 Å². The molecule has 30 valence electrons. The molecule has 0 radical (unpaired) electrons. The van der Waals surface area contributed by atoms with Gasteiger partial charge in [-0.25, -0.2) is 0 Å². The van der Waals surface area contributed by atoms with Gasteiger partial charge in [0.05, 0.1) is 0 Å². The van der Waals surface area contributed by atoms with Crippen molar-refractivity contribution >= 4 is 6.29 Å². The molecule has 0 bridgehead atoms. The van der Waals surface area contributed by atoms with Gasteiger partial charge < -0.3 is 4.79 Å². The van der Waals surface area contributed by atoms with Gasteiger partial charge in [-0.15, -0.1) is 0 Å². The summed E-state index contributed by atoms with van der Waals surface area (Å²) in [6.45, 7) is -1.93. The summed E-state index contributed by atoms with van der Waals surface area (Å²) in [5, 5.41) is 0. The average molecular weight is 75.1 g/mol. The lowest BCUT2D eigenvalue weighted by Crippen LogP contribution is -1.64. The molecule has 1 nitrogen and oxygen atoms in total. The molecule has 0 spiro atoms. The van der Waals surface area contributed by atoms with Crippen molar-refractivity contribution in [3.63, 3.8) is 0 Å². The van der Waals surface area contributed by atoms with Crippen LogP contribution in [-0.4, -0.2) is 6.29 Å². The molecule has 1 heteroatoms. The molecule has 0 aromatic carbocycles. The van der Waals surface area contributed by atoms with E-state index in [1.807, 2.05) is 0 Å². The highest BCUT2D eigenvalue weighted by Crippen LogP contribution is 1.74. The number of aldehydes is 1. The van der Waals surface area contributed by atoms with Gasteiger partial charge in [-0.1, -0.05) is 6.85 Å². The smallest absolute Gasteiger partial charge is 0.119 e. The third kappa shape index (κ3) is 3.67. The van der Waals surface area contributed by atoms with Crippen LogP contribution in [0, 0.1) is 0 Å². The average Bonchev–Trinajstić information content (AvgIpc) is 1.59. The molecular formula is C4H8O. The number of hydrogen-bond donors (Lipinski definition) is 0. The van der Waals surface area contributed by atoms with Crippen molar-refractivity contribution in [3.8, 4) is 0 Å². The zero-order valence-electron chi connectivity index (χ0n) is 5.90. The summed E-state index contributed by atoms with van der Waals surface area (Å²) in [5.74, 6) is 0. The second-order valence-corrected chi connectivity index (χ2v) is 0.705. The summed E-state index contributed by atoms with van der Waals surface area (Å²) in [4.78, 5) is 9.60. The highest BCUT2D eigenvalue weighted by atomic mass is 16.1. The summed E-state index contributed by atoms with van der Waals surface area (Å²) in [6.07, 6.45) is 0.749. The molecule has 0 saturated heterocycles. The molecule has 0 aromatic rings. The molecule has 0 aromatic heterocycles. The summed E-state index contributed by atoms with van der Waals surface area (Å²) in [6, 6.07) is 0. The van der Waals surface area contributed by atoms with Gasteiger partial charge in [0.15, 0.2) is 0 Å². The van der Waals surface area contributed by atoms with Gasteiger partial charge >= 0.3 is 0 Å². The Morgan fingerprint density at radius 1 is 2.20 bits per heavy atom. The van der Waals surface area contributed by atoms with E-state index in [0.29, 0.717) is 6.29 Å². The quantitative estimate of drug-likeness (QED) is 0.447. The van der Waals surface area contributed by atoms with Crippen LogP contribution in [0.1, 0.15) is 23.8 Å². The molecule has 0 fully saturated rings. The van der Waals surface area contributed by atoms with Crippen LogP contribution in [0.25, 0.3) is 0 Å². The first-order valence-corrected chi connectivity index (χ1v) is 1.50. The fraction of sp³-hybridized carbons (Fsp3) is 0.750. The van der Waals surface area contributed by atoms with Crippen LogP contribution in [0.3, 0.4) is 0 Å². The molecule has 5 heavy (non-hydrogen) atoms. The minimum absolute atomic E-state index is 0.00347. The normalized spacial score (nSPS) is 18.8. The van der Waals surface area contributed by atoms with E-state index in [4.69, 9.17) is 4.11 Å². The van der Waals surface area contributed by atoms with Crippen molar-refractivity contribution in [2.75, 3.05) is 0 Å². The van der Waals surface area contributed by atoms with E-state index < -0.39 is 6.85 Å². The minimum Gasteiger partial charge on any atom is -0.303 e. The zero-order valence-corrected chi connectivity index (χ0v) is 2.90. The fourth-order valence-corrected chi connectivity index (χ4v) is 0.0589. The monoisotopic (exact) mass is 75.1 g/mol. The third-order valence-corrected chi connectivity index (χ3v) is 0.262. The van der Waals surface area contributed by atoms with E-state index in [9.17, 15) is 4.79 Å². The van der Waals surface area contributed by atoms with Crippen molar-refractivity contribution < 1.29 is 8.91 Å². The Hall–Kier alpha value is -0.330. The van der Waals surface area contributed by atoms with Gasteiger partial charge in [0.1, 0.15) is 6.29 Å². The molecule has 0 aliphatic rings. The standard InChI is InChI=1S/C4H8O/c1-2-3-4-5/h4H,2-3H2,1H3/i1D3. The first-order valence-electron chi connectivity index (χ1n) is 3.00. The van der Waals surface area contributed by atoms with Crippen molar-refractivity contribution in [2.45, 2.75) is 19.7 Å². The molecule has 0 amide bonds. The van der Waals surface area contributed by atoms with Crippen molar-refractivity contribution in [1.82, 2.24) is 0 Å². The lowest BCUT2D eigenvalue weighted by atomic mass is 10.4. The summed E-state index contributed by atoms with van der Waals surface area (Å²) in [7, 11) is 0. The Morgan fingerprint density at radius 3 is 3.20 bits per heavy atom. The van der Waals surface area contributed by atoms with Crippen LogP contribution in [0.15, 0.2) is 0 Å². The van der Waals surface area contributed by atoms with Crippen molar-refractivity contribution in [2.24, 2.45) is 0 Å². The van der Waals surface area contributed by atoms with Crippen LogP contribution in [0.5, 0.6) is 0 Å². The number of rotatable bonds is 2. The second-order valence-electron chi connectivity index (χ2n) is 0.705. The lowest BCUT2D eigenvalue weighted by Gasteiger charge is -1.68. The number of hydrogen-bond acceptors (Lipinski definition) is 1. The Balaban J connectivity index is 3.24. The van der Waals surface area contributed by atoms with Gasteiger partial charge in [0.2, 0.25) is 0 Å². The fourth-order valence-electron chi connectivity index (χ4n) is 0.0589. The van der Waals surface area contributed by atoms with Gasteiger partial charge in [0, 0.05) is 10.5 Å². The van der Waals surface area contributed by atoms with Crippen molar-refractivity contribution in [3.05, 3.63) is 0 Å². The molecule has 0 aliphatic heterocycles. The summed E-state index contributed by atoms with van der Waals surface area (Å²) < 4.78 is 19.8. The van der Waals surface area contributed by atoms with Crippen LogP contribution in [0.4, 0.5) is 0 Å². The molecule has 0 heterocycles. The highest BCUT2D eigenvalue weighted by Gasteiger charge is 1.66. The van der Waals surface area contributed by atoms with E-state index in [2.05, 4.69) is 0 Å². The van der Waals surface area contributed by atoms with Crippen LogP contribution in [0.2, 0.25) is 0 Å². The summed E-state index contributed by atoms with van der Waals surface area (Å²) >= 11 is 0. The number of carbonyl (C=O) groups is 1. The number of carbonyl (C=O) groups excluding carboxylic acids is 1. The Morgan fingerprint density at radius 2 is 3.00 bits per heavy atom. The Labute approximate surface area is 36.2 Å². The molecule has 0 unspecified atom stereocenters. The van der Waals surface area contributed by atoms with E-state index in [-0.39, 0.29) is 12.8 Å². The van der Waals surface area contributed by atoms with E-state index >= 15 is 0 Å². The van der Waals surface area contributed by atoms with E-state index in [1.165, 1.54) is 0 Å². The lowest BCUT2D eigenvalue weighted by molar-refractivity contribution is -0.107. The van der Waals surface area contributed by atoms with Gasteiger partial charge in [-0.2, -0.15) is 0 Å².